The van der Waals surface area contributed by atoms with Crippen LogP contribution in [-0.4, -0.2) is 25.9 Å². The predicted octanol–water partition coefficient (Wildman–Crippen LogP) is 2.66. The summed E-state index contributed by atoms with van der Waals surface area (Å²) in [6, 6.07) is 6.32. The first-order valence-corrected chi connectivity index (χ1v) is 6.71. The molecular weight excluding hydrogens is 226 g/mol. The Balaban J connectivity index is 1.95. The normalized spacial score (nSPS) is 23.3. The summed E-state index contributed by atoms with van der Waals surface area (Å²) >= 11 is 0. The van der Waals surface area contributed by atoms with Crippen LogP contribution >= 0.6 is 0 Å². The van der Waals surface area contributed by atoms with E-state index in [2.05, 4.69) is 37.4 Å². The molecule has 0 bridgehead atoms. The highest BCUT2D eigenvalue weighted by Gasteiger charge is 2.22. The molecule has 0 aromatic heterocycles. The largest absolute Gasteiger partial charge is 0.491 e. The van der Waals surface area contributed by atoms with Crippen molar-refractivity contribution in [3.05, 3.63) is 29.3 Å². The van der Waals surface area contributed by atoms with E-state index in [1.807, 2.05) is 7.05 Å². The average molecular weight is 249 g/mol. The van der Waals surface area contributed by atoms with Crippen LogP contribution in [0.3, 0.4) is 0 Å². The summed E-state index contributed by atoms with van der Waals surface area (Å²) in [6.45, 7) is 5.71. The van der Waals surface area contributed by atoms with Crippen LogP contribution in [0.5, 0.6) is 5.75 Å². The van der Waals surface area contributed by atoms with Crippen molar-refractivity contribution in [1.29, 1.82) is 0 Å². The molecule has 100 valence electrons. The van der Waals surface area contributed by atoms with Gasteiger partial charge in [-0.1, -0.05) is 17.7 Å². The molecule has 18 heavy (non-hydrogen) atoms. The van der Waals surface area contributed by atoms with Crippen molar-refractivity contribution in [2.24, 2.45) is 0 Å². The highest BCUT2D eigenvalue weighted by Crippen LogP contribution is 2.23. The van der Waals surface area contributed by atoms with Gasteiger partial charge >= 0.3 is 0 Å². The smallest absolute Gasteiger partial charge is 0.123 e. The molecule has 0 radical (unpaired) electrons. The third-order valence-electron chi connectivity index (χ3n) is 3.33. The van der Waals surface area contributed by atoms with Gasteiger partial charge in [0, 0.05) is 12.1 Å². The zero-order chi connectivity index (χ0) is 13.0. The number of hydrogen-bond acceptors (Lipinski definition) is 3. The first-order chi connectivity index (χ1) is 8.69. The molecule has 0 aliphatic carbocycles. The van der Waals surface area contributed by atoms with Crippen molar-refractivity contribution in [2.45, 2.75) is 45.4 Å². The van der Waals surface area contributed by atoms with E-state index in [1.54, 1.807) is 0 Å². The average Bonchev–Trinajstić information content (AvgIpc) is 2.75. The van der Waals surface area contributed by atoms with E-state index >= 15 is 0 Å². The maximum absolute atomic E-state index is 5.91. The number of hydrogen-bond donors (Lipinski definition) is 1. The molecule has 0 spiro atoms. The highest BCUT2D eigenvalue weighted by molar-refractivity contribution is 5.36. The second-order valence-corrected chi connectivity index (χ2v) is 5.10. The maximum Gasteiger partial charge on any atom is 0.123 e. The number of rotatable bonds is 5. The fraction of sp³-hybridized carbons (Fsp3) is 0.600. The monoisotopic (exact) mass is 249 g/mol. The summed E-state index contributed by atoms with van der Waals surface area (Å²) in [7, 11) is 1.95. The van der Waals surface area contributed by atoms with E-state index < -0.39 is 0 Å². The summed E-state index contributed by atoms with van der Waals surface area (Å²) < 4.78 is 11.7. The lowest BCUT2D eigenvalue weighted by molar-refractivity contribution is 0.0262. The van der Waals surface area contributed by atoms with Crippen LogP contribution in [0.4, 0.5) is 0 Å². The zero-order valence-corrected chi connectivity index (χ0v) is 11.5. The van der Waals surface area contributed by atoms with Gasteiger partial charge in [-0.05, 0) is 39.8 Å². The minimum atomic E-state index is 0.253. The Morgan fingerprint density at radius 3 is 2.89 bits per heavy atom. The van der Waals surface area contributed by atoms with Crippen LogP contribution < -0.4 is 10.1 Å². The van der Waals surface area contributed by atoms with Gasteiger partial charge < -0.3 is 14.8 Å². The lowest BCUT2D eigenvalue weighted by atomic mass is 10.1. The Morgan fingerprint density at radius 1 is 1.39 bits per heavy atom. The van der Waals surface area contributed by atoms with Crippen molar-refractivity contribution in [1.82, 2.24) is 5.32 Å². The minimum Gasteiger partial charge on any atom is -0.491 e. The molecule has 2 atom stereocenters. The van der Waals surface area contributed by atoms with Crippen LogP contribution in [0, 0.1) is 6.92 Å². The van der Waals surface area contributed by atoms with E-state index in [9.17, 15) is 0 Å². The predicted molar refractivity (Wildman–Crippen MR) is 73.0 cm³/mol. The van der Waals surface area contributed by atoms with Crippen LogP contribution in [0.2, 0.25) is 0 Å². The van der Waals surface area contributed by atoms with Gasteiger partial charge in [0.15, 0.2) is 0 Å². The van der Waals surface area contributed by atoms with Crippen molar-refractivity contribution >= 4 is 0 Å². The van der Waals surface area contributed by atoms with Crippen molar-refractivity contribution in [2.75, 3.05) is 13.7 Å². The molecule has 1 heterocycles. The van der Waals surface area contributed by atoms with Crippen LogP contribution in [-0.2, 0) is 11.3 Å². The summed E-state index contributed by atoms with van der Waals surface area (Å²) in [4.78, 5) is 0. The summed E-state index contributed by atoms with van der Waals surface area (Å²) in [5.41, 5.74) is 2.47. The molecule has 1 aliphatic heterocycles. The number of benzene rings is 1. The third kappa shape index (κ3) is 3.47. The molecule has 0 saturated carbocycles. The van der Waals surface area contributed by atoms with Gasteiger partial charge in [-0.2, -0.15) is 0 Å². The molecule has 2 rings (SSSR count). The highest BCUT2D eigenvalue weighted by atomic mass is 16.5. The van der Waals surface area contributed by atoms with Gasteiger partial charge in [-0.15, -0.1) is 0 Å². The van der Waals surface area contributed by atoms with Crippen LogP contribution in [0.15, 0.2) is 18.2 Å². The molecule has 1 saturated heterocycles. The van der Waals surface area contributed by atoms with Crippen LogP contribution in [0.1, 0.15) is 30.9 Å². The van der Waals surface area contributed by atoms with Gasteiger partial charge in [0.25, 0.3) is 0 Å². The van der Waals surface area contributed by atoms with Crippen molar-refractivity contribution in [3.63, 3.8) is 0 Å². The Labute approximate surface area is 109 Å². The molecule has 1 N–H and O–H groups in total. The van der Waals surface area contributed by atoms with E-state index in [-0.39, 0.29) is 6.10 Å². The summed E-state index contributed by atoms with van der Waals surface area (Å²) in [5, 5.41) is 3.18. The molecule has 0 amide bonds. The molecule has 1 fully saturated rings. The fourth-order valence-electron chi connectivity index (χ4n) is 2.37. The zero-order valence-electron chi connectivity index (χ0n) is 11.5. The molecule has 3 heteroatoms. The van der Waals surface area contributed by atoms with Gasteiger partial charge in [-0.25, -0.2) is 0 Å². The number of ether oxygens (including phenoxy) is 2. The summed E-state index contributed by atoms with van der Waals surface area (Å²) in [6.07, 6.45) is 2.89. The van der Waals surface area contributed by atoms with Crippen molar-refractivity contribution < 1.29 is 9.47 Å². The molecule has 1 aliphatic rings. The maximum atomic E-state index is 5.91. The van der Waals surface area contributed by atoms with Gasteiger partial charge in [0.05, 0.1) is 12.2 Å². The second-order valence-electron chi connectivity index (χ2n) is 5.10. The number of aryl methyl sites for hydroxylation is 1. The van der Waals surface area contributed by atoms with Gasteiger partial charge in [0.2, 0.25) is 0 Å². The first-order valence-electron chi connectivity index (χ1n) is 6.71. The summed E-state index contributed by atoms with van der Waals surface area (Å²) in [5.74, 6) is 0.970. The molecule has 2 unspecified atom stereocenters. The lowest BCUT2D eigenvalue weighted by Gasteiger charge is -2.15. The van der Waals surface area contributed by atoms with Crippen molar-refractivity contribution in [3.8, 4) is 5.75 Å². The van der Waals surface area contributed by atoms with Gasteiger partial charge in [0.1, 0.15) is 12.4 Å². The Bertz CT molecular complexity index is 392. The molecular formula is C15H23NO2. The van der Waals surface area contributed by atoms with E-state index in [0.717, 1.165) is 25.1 Å². The first kappa shape index (κ1) is 13.4. The fourth-order valence-corrected chi connectivity index (χ4v) is 2.37. The minimum absolute atomic E-state index is 0.253. The molecule has 3 nitrogen and oxygen atoms in total. The van der Waals surface area contributed by atoms with Crippen LogP contribution in [0.25, 0.3) is 0 Å². The lowest BCUT2D eigenvalue weighted by Crippen LogP contribution is -2.19. The third-order valence-corrected chi connectivity index (χ3v) is 3.33. The standard InChI is InChI=1S/C15H23NO2/c1-11-4-7-15(13(8-11)9-16-3)17-10-14-6-5-12(2)18-14/h4,7-8,12,14,16H,5-6,9-10H2,1-3H3. The quantitative estimate of drug-likeness (QED) is 0.870. The Morgan fingerprint density at radius 2 is 2.22 bits per heavy atom. The van der Waals surface area contributed by atoms with Gasteiger partial charge in [-0.3, -0.25) is 0 Å². The Hall–Kier alpha value is -1.06. The molecule has 1 aromatic carbocycles. The SMILES string of the molecule is CNCc1cc(C)ccc1OCC1CCC(C)O1. The van der Waals surface area contributed by atoms with E-state index in [0.29, 0.717) is 12.7 Å². The van der Waals surface area contributed by atoms with E-state index in [4.69, 9.17) is 9.47 Å². The number of nitrogens with one attached hydrogen (secondary N) is 1. The Kier molecular flexibility index (Phi) is 4.61. The topological polar surface area (TPSA) is 30.5 Å². The second kappa shape index (κ2) is 6.21. The molecule has 1 aromatic rings. The van der Waals surface area contributed by atoms with E-state index in [1.165, 1.54) is 11.1 Å².